The minimum atomic E-state index is -1.08. The van der Waals surface area contributed by atoms with E-state index in [1.165, 1.54) is 0 Å². The third-order valence-electron chi connectivity index (χ3n) is 7.52. The highest BCUT2D eigenvalue weighted by Gasteiger charge is 2.39. The Labute approximate surface area is 282 Å². The van der Waals surface area contributed by atoms with Crippen molar-refractivity contribution in [2.45, 2.75) is 131 Å². The molecule has 0 aliphatic carbocycles. The molecule has 2 aromatic carbocycles. The molecular formula is C38H57N3O6. The van der Waals surface area contributed by atoms with E-state index < -0.39 is 53.2 Å². The number of aryl methyl sites for hydroxylation is 1. The Morgan fingerprint density at radius 2 is 1.43 bits per heavy atom. The van der Waals surface area contributed by atoms with Crippen LogP contribution < -0.4 is 10.6 Å². The highest BCUT2D eigenvalue weighted by molar-refractivity contribution is 5.94. The minimum Gasteiger partial charge on any atom is -0.458 e. The summed E-state index contributed by atoms with van der Waals surface area (Å²) in [6.07, 6.45) is 1.25. The fourth-order valence-corrected chi connectivity index (χ4v) is 5.23. The van der Waals surface area contributed by atoms with E-state index in [4.69, 9.17) is 9.47 Å². The SMILES string of the molecule is CCCCN(C(=O)C(CC(C)C)NC(=O)OC(C)(C)C)C(C(=O)NC(Cc1ccccc1)C(=O)OC(C)(C)C)c1cccc(C)c1C. The number of nitrogens with one attached hydrogen (secondary N) is 2. The first kappa shape index (κ1) is 39.3. The Morgan fingerprint density at radius 3 is 1.98 bits per heavy atom. The number of nitrogens with zero attached hydrogens (tertiary/aromatic N) is 1. The summed E-state index contributed by atoms with van der Waals surface area (Å²) in [6.45, 7) is 20.7. The molecule has 2 N–H and O–H groups in total. The normalized spacial score (nSPS) is 13.7. The standard InChI is InChI=1S/C38H57N3O6/c1-12-13-22-41(34(43)30(23-25(2)3)40-36(45)47-38(9,10)11)32(29-21-17-18-26(4)27(29)5)33(42)39-31(35(44)46-37(6,7)8)24-28-19-15-14-16-20-28/h14-21,25,30-32H,12-13,22-24H2,1-11H3,(H,39,42)(H,40,45). The van der Waals surface area contributed by atoms with Gasteiger partial charge in [0.2, 0.25) is 11.8 Å². The third kappa shape index (κ3) is 13.0. The van der Waals surface area contributed by atoms with Crippen molar-refractivity contribution in [3.63, 3.8) is 0 Å². The van der Waals surface area contributed by atoms with Crippen LogP contribution in [0.15, 0.2) is 48.5 Å². The zero-order valence-corrected chi connectivity index (χ0v) is 30.4. The largest absolute Gasteiger partial charge is 0.458 e. The minimum absolute atomic E-state index is 0.0577. The first-order chi connectivity index (χ1) is 21.8. The highest BCUT2D eigenvalue weighted by atomic mass is 16.6. The zero-order valence-electron chi connectivity index (χ0n) is 30.4. The van der Waals surface area contributed by atoms with Crippen molar-refractivity contribution < 1.29 is 28.7 Å². The summed E-state index contributed by atoms with van der Waals surface area (Å²) in [7, 11) is 0. The number of ether oxygens (including phenoxy) is 2. The number of benzene rings is 2. The van der Waals surface area contributed by atoms with Crippen LogP contribution in [0.2, 0.25) is 0 Å². The van der Waals surface area contributed by atoms with Crippen molar-refractivity contribution in [2.75, 3.05) is 6.54 Å². The summed E-state index contributed by atoms with van der Waals surface area (Å²) in [5, 5.41) is 5.77. The number of alkyl carbamates (subject to hydrolysis) is 1. The van der Waals surface area contributed by atoms with Crippen LogP contribution in [0, 0.1) is 19.8 Å². The van der Waals surface area contributed by atoms with Crippen LogP contribution in [-0.4, -0.2) is 58.6 Å². The van der Waals surface area contributed by atoms with E-state index in [1.54, 1.807) is 46.4 Å². The van der Waals surface area contributed by atoms with Crippen LogP contribution in [0.25, 0.3) is 0 Å². The number of amides is 3. The predicted molar refractivity (Wildman–Crippen MR) is 186 cm³/mol. The summed E-state index contributed by atoms with van der Waals surface area (Å²) in [6, 6.07) is 12.1. The van der Waals surface area contributed by atoms with Gasteiger partial charge in [0.25, 0.3) is 0 Å². The lowest BCUT2D eigenvalue weighted by molar-refractivity contribution is -0.159. The molecule has 3 unspecified atom stereocenters. The monoisotopic (exact) mass is 651 g/mol. The molecule has 0 spiro atoms. The number of unbranched alkanes of at least 4 members (excludes halogenated alkanes) is 1. The molecule has 3 amide bonds. The van der Waals surface area contributed by atoms with Crippen LogP contribution in [0.5, 0.6) is 0 Å². The van der Waals surface area contributed by atoms with Crippen LogP contribution in [0.1, 0.15) is 110 Å². The van der Waals surface area contributed by atoms with Gasteiger partial charge in [0.1, 0.15) is 29.3 Å². The van der Waals surface area contributed by atoms with Gasteiger partial charge in [0.15, 0.2) is 0 Å². The van der Waals surface area contributed by atoms with Gasteiger partial charge in [-0.3, -0.25) is 9.59 Å². The van der Waals surface area contributed by atoms with E-state index in [1.807, 2.05) is 83.1 Å². The molecule has 0 bridgehead atoms. The van der Waals surface area contributed by atoms with Crippen molar-refractivity contribution in [3.05, 3.63) is 70.8 Å². The molecule has 260 valence electrons. The van der Waals surface area contributed by atoms with E-state index in [-0.39, 0.29) is 18.9 Å². The fraction of sp³-hybridized carbons (Fsp3) is 0.579. The first-order valence-electron chi connectivity index (χ1n) is 16.8. The lowest BCUT2D eigenvalue weighted by atomic mass is 9.93. The smallest absolute Gasteiger partial charge is 0.408 e. The van der Waals surface area contributed by atoms with E-state index in [0.29, 0.717) is 18.4 Å². The molecule has 9 nitrogen and oxygen atoms in total. The Kier molecular flexibility index (Phi) is 14.5. The highest BCUT2D eigenvalue weighted by Crippen LogP contribution is 2.29. The number of rotatable bonds is 14. The maximum absolute atomic E-state index is 14.6. The molecule has 0 aliphatic rings. The second-order valence-corrected chi connectivity index (χ2v) is 14.7. The number of hydrogen-bond acceptors (Lipinski definition) is 6. The molecule has 9 heteroatoms. The van der Waals surface area contributed by atoms with Gasteiger partial charge in [0, 0.05) is 13.0 Å². The molecule has 2 rings (SSSR count). The van der Waals surface area contributed by atoms with Gasteiger partial charge in [-0.15, -0.1) is 0 Å². The fourth-order valence-electron chi connectivity index (χ4n) is 5.23. The molecule has 0 aliphatic heterocycles. The molecule has 0 saturated heterocycles. The van der Waals surface area contributed by atoms with Gasteiger partial charge in [-0.25, -0.2) is 9.59 Å². The van der Waals surface area contributed by atoms with Gasteiger partial charge >= 0.3 is 12.1 Å². The Morgan fingerprint density at radius 1 is 0.809 bits per heavy atom. The van der Waals surface area contributed by atoms with Crippen LogP contribution in [0.4, 0.5) is 4.79 Å². The van der Waals surface area contributed by atoms with E-state index in [9.17, 15) is 19.2 Å². The lowest BCUT2D eigenvalue weighted by Crippen LogP contribution is -2.55. The van der Waals surface area contributed by atoms with Gasteiger partial charge in [-0.05, 0) is 96.4 Å². The van der Waals surface area contributed by atoms with Gasteiger partial charge in [-0.1, -0.05) is 75.7 Å². The van der Waals surface area contributed by atoms with Crippen molar-refractivity contribution in [2.24, 2.45) is 5.92 Å². The molecule has 0 saturated carbocycles. The molecule has 47 heavy (non-hydrogen) atoms. The second kappa shape index (κ2) is 17.3. The average Bonchev–Trinajstić information content (AvgIpc) is 2.94. The summed E-state index contributed by atoms with van der Waals surface area (Å²) in [4.78, 5) is 57.2. The summed E-state index contributed by atoms with van der Waals surface area (Å²) >= 11 is 0. The lowest BCUT2D eigenvalue weighted by Gasteiger charge is -2.36. The molecule has 2 aromatic rings. The van der Waals surface area contributed by atoms with Crippen molar-refractivity contribution in [3.8, 4) is 0 Å². The number of esters is 1. The third-order valence-corrected chi connectivity index (χ3v) is 7.52. The molecule has 3 atom stereocenters. The second-order valence-electron chi connectivity index (χ2n) is 14.7. The van der Waals surface area contributed by atoms with Crippen LogP contribution in [0.3, 0.4) is 0 Å². The Hall–Kier alpha value is -3.88. The molecule has 0 aromatic heterocycles. The number of carbonyl (C=O) groups is 4. The van der Waals surface area contributed by atoms with Crippen molar-refractivity contribution in [1.82, 2.24) is 15.5 Å². The molecule has 0 heterocycles. The Balaban J connectivity index is 2.66. The zero-order chi connectivity index (χ0) is 35.5. The summed E-state index contributed by atoms with van der Waals surface area (Å²) < 4.78 is 11.3. The van der Waals surface area contributed by atoms with Gasteiger partial charge in [-0.2, -0.15) is 0 Å². The first-order valence-corrected chi connectivity index (χ1v) is 16.8. The molecular weight excluding hydrogens is 594 g/mol. The maximum atomic E-state index is 14.6. The summed E-state index contributed by atoms with van der Waals surface area (Å²) in [5.74, 6) is -1.40. The van der Waals surface area contributed by atoms with Gasteiger partial charge < -0.3 is 25.0 Å². The van der Waals surface area contributed by atoms with Gasteiger partial charge in [0.05, 0.1) is 0 Å². The quantitative estimate of drug-likeness (QED) is 0.213. The van der Waals surface area contributed by atoms with E-state index >= 15 is 0 Å². The average molecular weight is 652 g/mol. The van der Waals surface area contributed by atoms with E-state index in [0.717, 1.165) is 23.1 Å². The van der Waals surface area contributed by atoms with E-state index in [2.05, 4.69) is 10.6 Å². The van der Waals surface area contributed by atoms with Crippen LogP contribution >= 0.6 is 0 Å². The Bertz CT molecular complexity index is 1340. The maximum Gasteiger partial charge on any atom is 0.408 e. The summed E-state index contributed by atoms with van der Waals surface area (Å²) in [5.41, 5.74) is 1.79. The van der Waals surface area contributed by atoms with Crippen molar-refractivity contribution in [1.29, 1.82) is 0 Å². The predicted octanol–water partition coefficient (Wildman–Crippen LogP) is 6.98. The number of hydrogen-bond donors (Lipinski definition) is 2. The van der Waals surface area contributed by atoms with Crippen LogP contribution in [-0.2, 0) is 30.3 Å². The number of carbonyl (C=O) groups excluding carboxylic acids is 4. The molecule has 0 radical (unpaired) electrons. The van der Waals surface area contributed by atoms with Crippen molar-refractivity contribution >= 4 is 23.9 Å². The molecule has 0 fully saturated rings. The topological polar surface area (TPSA) is 114 Å².